The van der Waals surface area contributed by atoms with E-state index >= 15 is 0 Å². The average Bonchev–Trinajstić information content (AvgIpc) is 3.33. The van der Waals surface area contributed by atoms with Gasteiger partial charge in [-0.2, -0.15) is 0 Å². The number of carbonyl (C=O) groups is 3. The molecule has 148 valence electrons. The normalized spacial score (nSPS) is 13.6. The lowest BCUT2D eigenvalue weighted by atomic mass is 10.1. The molecule has 1 aliphatic rings. The summed E-state index contributed by atoms with van der Waals surface area (Å²) in [6.07, 6.45) is 3.22. The van der Waals surface area contributed by atoms with Crippen LogP contribution in [0, 0.1) is 11.6 Å². The van der Waals surface area contributed by atoms with Crippen molar-refractivity contribution in [3.8, 4) is 0 Å². The van der Waals surface area contributed by atoms with Crippen molar-refractivity contribution in [2.45, 2.75) is 19.3 Å². The molecule has 1 aromatic carbocycles. The van der Waals surface area contributed by atoms with Crippen molar-refractivity contribution in [2.24, 2.45) is 0 Å². The SMILES string of the molecule is O=C(Nc1cc(C(=O)NCCCN2CCCC2=O)c(F)cc1F)c1cncs1. The lowest BCUT2D eigenvalue weighted by molar-refractivity contribution is -0.127. The molecule has 2 aromatic rings. The highest BCUT2D eigenvalue weighted by Gasteiger charge is 2.20. The summed E-state index contributed by atoms with van der Waals surface area (Å²) in [4.78, 5) is 41.5. The van der Waals surface area contributed by atoms with Crippen molar-refractivity contribution in [2.75, 3.05) is 25.0 Å². The first-order valence-electron chi connectivity index (χ1n) is 8.70. The van der Waals surface area contributed by atoms with Gasteiger partial charge in [0.25, 0.3) is 11.8 Å². The maximum absolute atomic E-state index is 14.0. The van der Waals surface area contributed by atoms with Gasteiger partial charge in [0.05, 0.1) is 23.0 Å². The number of nitrogens with one attached hydrogen (secondary N) is 2. The van der Waals surface area contributed by atoms with E-state index in [1.165, 1.54) is 11.7 Å². The predicted molar refractivity (Wildman–Crippen MR) is 99.2 cm³/mol. The summed E-state index contributed by atoms with van der Waals surface area (Å²) in [5.41, 5.74) is 0.774. The third-order valence-electron chi connectivity index (χ3n) is 4.27. The lowest BCUT2D eigenvalue weighted by Gasteiger charge is -2.15. The number of rotatable bonds is 7. The number of hydrogen-bond acceptors (Lipinski definition) is 5. The Balaban J connectivity index is 1.59. The Hall–Kier alpha value is -2.88. The van der Waals surface area contributed by atoms with Crippen LogP contribution in [0.2, 0.25) is 0 Å². The number of nitrogens with zero attached hydrogens (tertiary/aromatic N) is 2. The molecule has 0 atom stereocenters. The van der Waals surface area contributed by atoms with Gasteiger partial charge in [0.15, 0.2) is 0 Å². The minimum absolute atomic E-state index is 0.0947. The quantitative estimate of drug-likeness (QED) is 0.689. The second-order valence-corrected chi connectivity index (χ2v) is 7.11. The van der Waals surface area contributed by atoms with Gasteiger partial charge in [-0.1, -0.05) is 0 Å². The van der Waals surface area contributed by atoms with E-state index in [1.54, 1.807) is 4.90 Å². The minimum Gasteiger partial charge on any atom is -0.352 e. The molecule has 0 saturated carbocycles. The topological polar surface area (TPSA) is 91.4 Å². The maximum Gasteiger partial charge on any atom is 0.267 e. The molecule has 0 spiro atoms. The van der Waals surface area contributed by atoms with E-state index < -0.39 is 23.4 Å². The summed E-state index contributed by atoms with van der Waals surface area (Å²) in [6, 6.07) is 1.52. The largest absolute Gasteiger partial charge is 0.352 e. The van der Waals surface area contributed by atoms with Crippen molar-refractivity contribution in [3.05, 3.63) is 45.9 Å². The smallest absolute Gasteiger partial charge is 0.267 e. The molecule has 1 fully saturated rings. The van der Waals surface area contributed by atoms with Crippen LogP contribution in [0.25, 0.3) is 0 Å². The van der Waals surface area contributed by atoms with Crippen LogP contribution in [0.3, 0.4) is 0 Å². The molecular weight excluding hydrogens is 390 g/mol. The van der Waals surface area contributed by atoms with Crippen LogP contribution >= 0.6 is 11.3 Å². The standard InChI is InChI=1S/C18H18F2N4O3S/c19-12-8-13(20)14(23-18(27)15-9-21-10-28-15)7-11(12)17(26)22-4-2-6-24-5-1-3-16(24)25/h7-10H,1-6H2,(H,22,26)(H,23,27). The molecule has 1 aromatic heterocycles. The van der Waals surface area contributed by atoms with Crippen LogP contribution in [0.4, 0.5) is 14.5 Å². The van der Waals surface area contributed by atoms with E-state index in [0.29, 0.717) is 32.0 Å². The number of thiazole rings is 1. The van der Waals surface area contributed by atoms with Crippen LogP contribution in [0.1, 0.15) is 39.3 Å². The zero-order valence-electron chi connectivity index (χ0n) is 14.8. The molecule has 0 aliphatic carbocycles. The molecule has 0 radical (unpaired) electrons. The Morgan fingerprint density at radius 2 is 2.04 bits per heavy atom. The highest BCUT2D eigenvalue weighted by Crippen LogP contribution is 2.21. The minimum atomic E-state index is -1.03. The Morgan fingerprint density at radius 3 is 2.71 bits per heavy atom. The Kier molecular flexibility index (Phi) is 6.30. The Bertz CT molecular complexity index is 889. The molecule has 2 heterocycles. The van der Waals surface area contributed by atoms with E-state index in [2.05, 4.69) is 15.6 Å². The fourth-order valence-corrected chi connectivity index (χ4v) is 3.35. The number of amides is 3. The van der Waals surface area contributed by atoms with Gasteiger partial charge in [-0.3, -0.25) is 19.4 Å². The molecule has 7 nitrogen and oxygen atoms in total. The van der Waals surface area contributed by atoms with Crippen LogP contribution in [-0.2, 0) is 4.79 Å². The number of likely N-dealkylation sites (tertiary alicyclic amines) is 1. The fraction of sp³-hybridized carbons (Fsp3) is 0.333. The van der Waals surface area contributed by atoms with Crippen molar-refractivity contribution in [1.29, 1.82) is 0 Å². The van der Waals surface area contributed by atoms with E-state index in [9.17, 15) is 23.2 Å². The van der Waals surface area contributed by atoms with Gasteiger partial charge in [-0.25, -0.2) is 8.78 Å². The third-order valence-corrected chi connectivity index (χ3v) is 5.04. The zero-order valence-corrected chi connectivity index (χ0v) is 15.7. The molecule has 1 saturated heterocycles. The number of benzene rings is 1. The third kappa shape index (κ3) is 4.69. The number of aromatic nitrogens is 1. The first kappa shape index (κ1) is 19.9. The van der Waals surface area contributed by atoms with Gasteiger partial charge in [0, 0.05) is 32.1 Å². The second kappa shape index (κ2) is 8.87. The molecule has 0 unspecified atom stereocenters. The van der Waals surface area contributed by atoms with Crippen molar-refractivity contribution < 1.29 is 23.2 Å². The highest BCUT2D eigenvalue weighted by atomic mass is 32.1. The van der Waals surface area contributed by atoms with Gasteiger partial charge in [-0.15, -0.1) is 11.3 Å². The van der Waals surface area contributed by atoms with Gasteiger partial charge in [-0.05, 0) is 18.9 Å². The highest BCUT2D eigenvalue weighted by molar-refractivity contribution is 7.11. The first-order chi connectivity index (χ1) is 13.5. The molecule has 0 bridgehead atoms. The van der Waals surface area contributed by atoms with Gasteiger partial charge in [0.2, 0.25) is 5.91 Å². The molecule has 10 heteroatoms. The summed E-state index contributed by atoms with van der Waals surface area (Å²) < 4.78 is 28.0. The number of carbonyl (C=O) groups excluding carboxylic acids is 3. The number of hydrogen-bond donors (Lipinski definition) is 2. The molecule has 1 aliphatic heterocycles. The molecule has 2 N–H and O–H groups in total. The van der Waals surface area contributed by atoms with Gasteiger partial charge >= 0.3 is 0 Å². The Morgan fingerprint density at radius 1 is 1.21 bits per heavy atom. The van der Waals surface area contributed by atoms with Gasteiger partial charge < -0.3 is 15.5 Å². The van der Waals surface area contributed by atoms with Crippen molar-refractivity contribution in [1.82, 2.24) is 15.2 Å². The Labute approximate surface area is 163 Å². The predicted octanol–water partition coefficient (Wildman–Crippen LogP) is 2.42. The van der Waals surface area contributed by atoms with Crippen LogP contribution in [0.15, 0.2) is 23.8 Å². The van der Waals surface area contributed by atoms with Crippen molar-refractivity contribution >= 4 is 34.7 Å². The molecular formula is C18H18F2N4O3S. The summed E-state index contributed by atoms with van der Waals surface area (Å²) in [7, 11) is 0. The molecule has 3 amide bonds. The van der Waals surface area contributed by atoms with Gasteiger partial charge in [0.1, 0.15) is 16.5 Å². The van der Waals surface area contributed by atoms with E-state index in [1.807, 2.05) is 0 Å². The summed E-state index contributed by atoms with van der Waals surface area (Å²) >= 11 is 1.07. The lowest BCUT2D eigenvalue weighted by Crippen LogP contribution is -2.31. The van der Waals surface area contributed by atoms with E-state index in [-0.39, 0.29) is 28.6 Å². The monoisotopic (exact) mass is 408 g/mol. The van der Waals surface area contributed by atoms with Crippen LogP contribution < -0.4 is 10.6 Å². The summed E-state index contributed by atoms with van der Waals surface area (Å²) in [5, 5.41) is 4.86. The fourth-order valence-electron chi connectivity index (χ4n) is 2.84. The number of halogens is 2. The second-order valence-electron chi connectivity index (χ2n) is 6.23. The van der Waals surface area contributed by atoms with Crippen LogP contribution in [-0.4, -0.2) is 47.2 Å². The summed E-state index contributed by atoms with van der Waals surface area (Å²) in [6.45, 7) is 1.46. The van der Waals surface area contributed by atoms with Crippen molar-refractivity contribution in [3.63, 3.8) is 0 Å². The maximum atomic E-state index is 14.0. The van der Waals surface area contributed by atoms with E-state index in [0.717, 1.165) is 23.8 Å². The summed E-state index contributed by atoms with van der Waals surface area (Å²) in [5.74, 6) is -3.25. The molecule has 28 heavy (non-hydrogen) atoms. The molecule has 3 rings (SSSR count). The number of anilines is 1. The average molecular weight is 408 g/mol. The first-order valence-corrected chi connectivity index (χ1v) is 9.58. The van der Waals surface area contributed by atoms with E-state index in [4.69, 9.17) is 0 Å². The van der Waals surface area contributed by atoms with Crippen LogP contribution in [0.5, 0.6) is 0 Å². The zero-order chi connectivity index (χ0) is 20.1.